The van der Waals surface area contributed by atoms with Crippen LogP contribution in [0.5, 0.6) is 0 Å². The minimum atomic E-state index is -0.489. The normalized spacial score (nSPS) is 17.4. The summed E-state index contributed by atoms with van der Waals surface area (Å²) in [7, 11) is 1.99. The predicted molar refractivity (Wildman–Crippen MR) is 75.2 cm³/mol. The third kappa shape index (κ3) is 1.94. The van der Waals surface area contributed by atoms with Crippen LogP contribution in [-0.4, -0.2) is 25.9 Å². The molecule has 0 saturated heterocycles. The van der Waals surface area contributed by atoms with Crippen molar-refractivity contribution in [3.8, 4) is 0 Å². The molecule has 0 fully saturated rings. The van der Waals surface area contributed by atoms with E-state index in [0.29, 0.717) is 6.42 Å². The molecule has 1 unspecified atom stereocenters. The first-order chi connectivity index (χ1) is 9.65. The van der Waals surface area contributed by atoms with E-state index >= 15 is 0 Å². The van der Waals surface area contributed by atoms with E-state index in [9.17, 15) is 5.11 Å². The zero-order valence-electron chi connectivity index (χ0n) is 11.8. The van der Waals surface area contributed by atoms with Crippen molar-refractivity contribution in [2.75, 3.05) is 5.32 Å². The van der Waals surface area contributed by atoms with Crippen molar-refractivity contribution in [1.29, 1.82) is 0 Å². The molecule has 6 nitrogen and oxygen atoms in total. The molecule has 1 aliphatic heterocycles. The van der Waals surface area contributed by atoms with Gasteiger partial charge in [-0.2, -0.15) is 0 Å². The van der Waals surface area contributed by atoms with Crippen LogP contribution < -0.4 is 22.3 Å². The van der Waals surface area contributed by atoms with Gasteiger partial charge in [-0.05, 0) is 19.1 Å². The highest BCUT2D eigenvalue weighted by atomic mass is 35.5. The first-order valence-corrected chi connectivity index (χ1v) is 6.74. The van der Waals surface area contributed by atoms with Gasteiger partial charge in [0.2, 0.25) is 0 Å². The Kier molecular flexibility index (Phi) is 3.22. The highest BCUT2D eigenvalue weighted by Crippen LogP contribution is 2.25. The summed E-state index contributed by atoms with van der Waals surface area (Å²) in [5, 5.41) is 12.9. The summed E-state index contributed by atoms with van der Waals surface area (Å²) in [6.07, 6.45) is 1.99. The Morgan fingerprint density at radius 3 is 3.05 bits per heavy atom. The van der Waals surface area contributed by atoms with E-state index in [1.807, 2.05) is 20.0 Å². The molecule has 7 heteroatoms. The van der Waals surface area contributed by atoms with Gasteiger partial charge < -0.3 is 17.5 Å². The Hall–Kier alpha value is -1.92. The van der Waals surface area contributed by atoms with Crippen molar-refractivity contribution in [2.24, 2.45) is 7.05 Å². The molecule has 0 bridgehead atoms. The zero-order chi connectivity index (χ0) is 13.9. The number of imidazole rings is 1. The molecular weight excluding hydrogens is 290 g/mol. The first-order valence-electron chi connectivity index (χ1n) is 6.74. The summed E-state index contributed by atoms with van der Waals surface area (Å²) in [6, 6.07) is 4.05. The van der Waals surface area contributed by atoms with Gasteiger partial charge in [0, 0.05) is 12.6 Å². The predicted octanol–water partition coefficient (Wildman–Crippen LogP) is -2.14. The zero-order valence-corrected chi connectivity index (χ0v) is 12.6. The topological polar surface area (TPSA) is 66.9 Å². The van der Waals surface area contributed by atoms with Gasteiger partial charge in [0.25, 0.3) is 0 Å². The molecule has 3 heterocycles. The van der Waals surface area contributed by atoms with Gasteiger partial charge >= 0.3 is 5.95 Å². The average molecular weight is 306 g/mol. The molecule has 4 rings (SSSR count). The molecule has 1 atom stereocenters. The number of rotatable bonds is 0. The molecule has 1 aromatic carbocycles. The van der Waals surface area contributed by atoms with Crippen LogP contribution >= 0.6 is 0 Å². The summed E-state index contributed by atoms with van der Waals surface area (Å²) in [5.74, 6) is 0.912. The van der Waals surface area contributed by atoms with Crippen molar-refractivity contribution in [3.05, 3.63) is 24.0 Å². The second-order valence-corrected chi connectivity index (χ2v) is 5.30. The highest BCUT2D eigenvalue weighted by molar-refractivity contribution is 5.98. The maximum absolute atomic E-state index is 9.80. The lowest BCUT2D eigenvalue weighted by Crippen LogP contribution is -3.00. The number of aliphatic hydroxyl groups is 1. The molecule has 0 spiro atoms. The molecule has 0 saturated carbocycles. The second kappa shape index (κ2) is 4.82. The molecule has 3 aromatic rings. The van der Waals surface area contributed by atoms with E-state index in [2.05, 4.69) is 30.5 Å². The number of nitrogens with one attached hydrogen (secondary N) is 1. The highest BCUT2D eigenvalue weighted by Gasteiger charge is 2.30. The van der Waals surface area contributed by atoms with Crippen molar-refractivity contribution < 1.29 is 22.1 Å². The van der Waals surface area contributed by atoms with Crippen LogP contribution in [0.1, 0.15) is 12.1 Å². The number of benzene rings is 1. The van der Waals surface area contributed by atoms with Crippen LogP contribution in [0.25, 0.3) is 22.1 Å². The lowest BCUT2D eigenvalue weighted by molar-refractivity contribution is -0.663. The fraction of sp³-hybridized carbons (Fsp3) is 0.357. The van der Waals surface area contributed by atoms with Gasteiger partial charge in [0.15, 0.2) is 11.7 Å². The number of hydrogen-bond donors (Lipinski definition) is 2. The molecular formula is C14H16ClN5O. The van der Waals surface area contributed by atoms with Crippen molar-refractivity contribution in [1.82, 2.24) is 14.5 Å². The Morgan fingerprint density at radius 2 is 2.24 bits per heavy atom. The van der Waals surface area contributed by atoms with E-state index in [1.165, 1.54) is 0 Å². The van der Waals surface area contributed by atoms with Crippen LogP contribution in [0.4, 0.5) is 5.95 Å². The van der Waals surface area contributed by atoms with Crippen molar-refractivity contribution >= 4 is 28.0 Å². The maximum Gasteiger partial charge on any atom is 0.360 e. The summed E-state index contributed by atoms with van der Waals surface area (Å²) in [5.41, 5.74) is 4.90. The van der Waals surface area contributed by atoms with Gasteiger partial charge in [-0.1, -0.05) is 0 Å². The van der Waals surface area contributed by atoms with Crippen LogP contribution in [0.3, 0.4) is 0 Å². The van der Waals surface area contributed by atoms with Crippen molar-refractivity contribution in [3.63, 3.8) is 0 Å². The van der Waals surface area contributed by atoms with Gasteiger partial charge in [-0.15, -0.1) is 0 Å². The average Bonchev–Trinajstić information content (AvgIpc) is 2.72. The SMILES string of the molecule is Cc1cnc2ccc3c(c2n1)[n+]1c(n3C)NC(O)CC1.[Cl-]. The Bertz CT molecular complexity index is 844. The third-order valence-electron chi connectivity index (χ3n) is 3.91. The van der Waals surface area contributed by atoms with Gasteiger partial charge in [-0.3, -0.25) is 10.3 Å². The second-order valence-electron chi connectivity index (χ2n) is 5.30. The number of aryl methyl sites for hydroxylation is 3. The Labute approximate surface area is 127 Å². The van der Waals surface area contributed by atoms with Crippen LogP contribution in [0.15, 0.2) is 18.3 Å². The minimum absolute atomic E-state index is 0. The molecule has 0 radical (unpaired) electrons. The summed E-state index contributed by atoms with van der Waals surface area (Å²) < 4.78 is 4.24. The fourth-order valence-electron chi connectivity index (χ4n) is 2.94. The molecule has 0 aliphatic carbocycles. The van der Waals surface area contributed by atoms with E-state index in [4.69, 9.17) is 0 Å². The number of aromatic nitrogens is 4. The maximum atomic E-state index is 9.80. The van der Waals surface area contributed by atoms with Crippen LogP contribution in [0.2, 0.25) is 0 Å². The third-order valence-corrected chi connectivity index (χ3v) is 3.91. The van der Waals surface area contributed by atoms with Gasteiger partial charge in [0.1, 0.15) is 11.0 Å². The van der Waals surface area contributed by atoms with Crippen LogP contribution in [-0.2, 0) is 13.6 Å². The summed E-state index contributed by atoms with van der Waals surface area (Å²) in [6.45, 7) is 2.73. The van der Waals surface area contributed by atoms with E-state index < -0.39 is 6.23 Å². The first kappa shape index (κ1) is 14.0. The van der Waals surface area contributed by atoms with Crippen LogP contribution in [0, 0.1) is 6.92 Å². The van der Waals surface area contributed by atoms with E-state index in [0.717, 1.165) is 40.3 Å². The molecule has 1 aliphatic rings. The van der Waals surface area contributed by atoms with E-state index in [-0.39, 0.29) is 12.4 Å². The quantitative estimate of drug-likeness (QED) is 0.465. The fourth-order valence-corrected chi connectivity index (χ4v) is 2.94. The number of aliphatic hydroxyl groups excluding tert-OH is 1. The molecule has 0 amide bonds. The molecule has 110 valence electrons. The van der Waals surface area contributed by atoms with Gasteiger partial charge in [-0.25, -0.2) is 14.1 Å². The number of nitrogens with zero attached hydrogens (tertiary/aromatic N) is 4. The number of halogens is 1. The summed E-state index contributed by atoms with van der Waals surface area (Å²) in [4.78, 5) is 9.11. The number of hydrogen-bond acceptors (Lipinski definition) is 4. The number of anilines is 1. The summed E-state index contributed by atoms with van der Waals surface area (Å²) >= 11 is 0. The molecule has 21 heavy (non-hydrogen) atoms. The minimum Gasteiger partial charge on any atom is -1.00 e. The Morgan fingerprint density at radius 1 is 1.43 bits per heavy atom. The molecule has 2 aromatic heterocycles. The van der Waals surface area contributed by atoms with E-state index in [1.54, 1.807) is 6.20 Å². The monoisotopic (exact) mass is 305 g/mol. The number of fused-ring (bicyclic) bond motifs is 5. The lowest BCUT2D eigenvalue weighted by Gasteiger charge is -2.16. The lowest BCUT2D eigenvalue weighted by atomic mass is 10.2. The molecule has 2 N–H and O–H groups in total. The largest absolute Gasteiger partial charge is 1.00 e. The standard InChI is InChI=1S/C14H15N5O.ClH/c1-8-7-15-9-3-4-10-13(12(9)16-8)19-6-5-11(20)17-14(19)18(10)2;/h3-4,7,11,20H,5-6H2,1-2H3;1H. The van der Waals surface area contributed by atoms with Crippen molar-refractivity contribution in [2.45, 2.75) is 26.1 Å². The Balaban J connectivity index is 0.00000132. The van der Waals surface area contributed by atoms with Gasteiger partial charge in [0.05, 0.1) is 24.8 Å². The smallest absolute Gasteiger partial charge is 0.360 e.